The molecule has 7 aliphatic rings. The van der Waals surface area contributed by atoms with Crippen molar-refractivity contribution in [1.82, 2.24) is 0 Å². The van der Waals surface area contributed by atoms with E-state index in [9.17, 15) is 4.79 Å². The van der Waals surface area contributed by atoms with Crippen molar-refractivity contribution in [3.8, 4) is 343 Å². The molecular weight excluding hydrogens is 1430 g/mol. The van der Waals surface area contributed by atoms with Gasteiger partial charge in [0.05, 0.1) is 15.0 Å². The molecule has 2 radical (unpaired) electrons. The Morgan fingerprint density at radius 3 is 0.974 bits per heavy atom. The van der Waals surface area contributed by atoms with Gasteiger partial charge >= 0.3 is 5.97 Å². The monoisotopic (exact) mass is 1460 g/mol. The van der Waals surface area contributed by atoms with Crippen LogP contribution in [0.15, 0.2) is 78.6 Å². The maximum absolute atomic E-state index is 12.8. The Morgan fingerprint density at radius 2 is 0.667 bits per heavy atom. The molecule has 0 heterocycles. The second kappa shape index (κ2) is 31.0. The highest BCUT2D eigenvalue weighted by Crippen LogP contribution is 2.92. The SMILES string of the molecule is COC(=O)CCCC1(c2ccccc2)C23C=C4Cc5cc6cc7c8c9c(cc%10cc%11c%12c(c%13c%14c%15c(c4c5c4c6c8c(c%154)c4c9c%10c%12c%144)C%1321)C(=C3)C%11)C7.[B]C(C)C#CC#CC#CC#CC#CC#CC#CC#CC#CC#CC#CC#CC#CC#CC#CC#CC#CC#CC#CC#CC#CC#CC#CC#CC#CC#CC#CC#CC#CC(=C)P. The Morgan fingerprint density at radius 1 is 0.385 bits per heavy atom. The molecule has 2 nitrogen and oxygen atoms in total. The van der Waals surface area contributed by atoms with Crippen LogP contribution in [0.3, 0.4) is 0 Å². The number of carbonyl (C=O) groups is 1. The quantitative estimate of drug-likeness (QED) is 0.0564. The van der Waals surface area contributed by atoms with E-state index in [1.165, 1.54) is 23.4 Å². The van der Waals surface area contributed by atoms with Gasteiger partial charge in [0.2, 0.25) is 0 Å². The van der Waals surface area contributed by atoms with Crippen molar-refractivity contribution in [1.29, 1.82) is 0 Å². The van der Waals surface area contributed by atoms with E-state index in [-0.39, 0.29) is 28.0 Å². The van der Waals surface area contributed by atoms with Crippen molar-refractivity contribution >= 4 is 131 Å². The van der Waals surface area contributed by atoms with E-state index < -0.39 is 0 Å². The second-order valence-electron chi connectivity index (χ2n) is 26.9. The van der Waals surface area contributed by atoms with Gasteiger partial charge in [0.15, 0.2) is 0 Å². The summed E-state index contributed by atoms with van der Waals surface area (Å²) in [5, 5.41) is 28.8. The molecule has 3 unspecified atom stereocenters. The molecule has 0 N–H and O–H groups in total. The van der Waals surface area contributed by atoms with Crippen LogP contribution in [0.2, 0.25) is 5.82 Å². The van der Waals surface area contributed by atoms with Crippen molar-refractivity contribution in [3.05, 3.63) is 129 Å². The summed E-state index contributed by atoms with van der Waals surface area (Å²) in [7, 11) is 9.36. The van der Waals surface area contributed by atoms with Gasteiger partial charge in [-0.1, -0.05) is 101 Å². The van der Waals surface area contributed by atoms with Crippen LogP contribution in [0, 0.1) is 349 Å². The minimum atomic E-state index is -0.234. The van der Waals surface area contributed by atoms with Crippen LogP contribution >= 0.6 is 9.24 Å². The van der Waals surface area contributed by atoms with E-state index in [4.69, 9.17) is 12.6 Å². The van der Waals surface area contributed by atoms with Gasteiger partial charge in [0.1, 0.15) is 0 Å². The molecule has 0 aliphatic heterocycles. The van der Waals surface area contributed by atoms with E-state index in [1.54, 1.807) is 149 Å². The van der Waals surface area contributed by atoms with Crippen LogP contribution in [0.5, 0.6) is 0 Å². The molecule has 3 atom stereocenters. The maximum Gasteiger partial charge on any atom is 0.305 e. The lowest BCUT2D eigenvalue weighted by molar-refractivity contribution is -0.140. The Labute approximate surface area is 682 Å². The molecule has 0 aromatic heterocycles. The number of hydrogen-bond donors (Lipinski definition) is 0. The number of carbonyl (C=O) groups excluding carboxylic acids is 1. The highest BCUT2D eigenvalue weighted by Gasteiger charge is 2.90. The molecule has 7 aliphatic carbocycles. The summed E-state index contributed by atoms with van der Waals surface area (Å²) in [5.41, 5.74) is 16.6. The molecule has 11 aromatic rings. The van der Waals surface area contributed by atoms with Gasteiger partial charge in [0, 0.05) is 265 Å². The standard InChI is InChI=1S/C62H8BP.C51H26O2/c1-61(63)59-57-55-53-51-49-47-45-43-41-39-37-35-33-31-29-27-25-23-21-19-17-15-13-11-9-7-5-3-4-6-8-10-12-14-16-18-20-22-24-26-28-30-32-34-36-38-40-42-44-46-48-50-52-54-56-58-60-62(2)64;1-53-28(52)8-5-9-50(27-6-3-2-4-7-27)49-17-25-15-23-13-21-11-19-10-20-12-22-14-24-16-26(18-49)36-32(24)40-34(22)38-30(20)29(19)37-33(21)39-31(23)35(25)47-45-43(39)41(37)42(38)44(40)46(45)48(36)51(47,49)50/h61H,2,64H2,1H3;2-4,6-7,11-14,17-18H,5,8-10,15-16H2,1H3. The number of ether oxygens (including phenoxy) is 1. The smallest absolute Gasteiger partial charge is 0.305 e. The minimum Gasteiger partial charge on any atom is -0.469 e. The normalized spacial score (nSPS) is 14.5. The zero-order valence-corrected chi connectivity index (χ0v) is 63.0. The predicted molar refractivity (Wildman–Crippen MR) is 474 cm³/mol. The number of allylic oxidation sites excluding steroid dienone is 5. The predicted octanol–water partition coefficient (Wildman–Crippen LogP) is 12.8. The molecule has 0 bridgehead atoms. The van der Waals surface area contributed by atoms with Gasteiger partial charge in [-0.3, -0.25) is 4.79 Å². The van der Waals surface area contributed by atoms with Crippen molar-refractivity contribution in [2.24, 2.45) is 5.41 Å². The maximum atomic E-state index is 12.8. The summed E-state index contributed by atoms with van der Waals surface area (Å²) in [6, 6.07) is 22.0. The summed E-state index contributed by atoms with van der Waals surface area (Å²) in [5.74, 6) is 145. The number of benzene rings is 9. The van der Waals surface area contributed by atoms with Gasteiger partial charge in [-0.15, -0.1) is 0 Å². The number of methoxy groups -OCH3 is 1. The first-order chi connectivity index (χ1) is 57.8. The fourth-order valence-corrected chi connectivity index (χ4v) is 18.3. The molecule has 11 aromatic carbocycles. The number of rotatable bonds is 5. The zero-order chi connectivity index (χ0) is 79.7. The van der Waals surface area contributed by atoms with Gasteiger partial charge < -0.3 is 4.74 Å². The molecular formula is C113H34BO2P. The van der Waals surface area contributed by atoms with E-state index in [0.29, 0.717) is 11.7 Å². The van der Waals surface area contributed by atoms with Crippen LogP contribution in [-0.2, 0) is 39.6 Å². The summed E-state index contributed by atoms with van der Waals surface area (Å²) in [6.45, 7) is 5.35. The van der Waals surface area contributed by atoms with Gasteiger partial charge in [0.25, 0.3) is 0 Å². The van der Waals surface area contributed by atoms with Crippen molar-refractivity contribution in [2.75, 3.05) is 7.11 Å². The van der Waals surface area contributed by atoms with Gasteiger partial charge in [-0.2, -0.15) is 0 Å². The highest BCUT2D eigenvalue weighted by atomic mass is 31.0. The van der Waals surface area contributed by atoms with Gasteiger partial charge in [-0.05, 0) is 291 Å². The van der Waals surface area contributed by atoms with Gasteiger partial charge in [-0.25, -0.2) is 0 Å². The molecule has 506 valence electrons. The van der Waals surface area contributed by atoms with Crippen molar-refractivity contribution in [3.63, 3.8) is 0 Å². The first-order valence-electron chi connectivity index (χ1n) is 36.1. The summed E-state index contributed by atoms with van der Waals surface area (Å²) in [6.07, 6.45) is 10.9. The number of esters is 1. The lowest BCUT2D eigenvalue weighted by atomic mass is 9.69. The second-order valence-corrected chi connectivity index (χ2v) is 27.6. The van der Waals surface area contributed by atoms with Crippen molar-refractivity contribution in [2.45, 2.75) is 62.1 Å². The Kier molecular flexibility index (Phi) is 19.0. The highest BCUT2D eigenvalue weighted by molar-refractivity contribution is 7.23. The third-order valence-electron chi connectivity index (χ3n) is 21.1. The first kappa shape index (κ1) is 71.7. The molecule has 4 heteroatoms. The lowest BCUT2D eigenvalue weighted by Crippen LogP contribution is -2.26. The molecule has 1 spiro atoms. The largest absolute Gasteiger partial charge is 0.469 e. The molecule has 1 saturated carbocycles. The first-order valence-corrected chi connectivity index (χ1v) is 36.7. The summed E-state index contributed by atoms with van der Waals surface area (Å²) in [4.78, 5) is 12.8. The van der Waals surface area contributed by atoms with Crippen LogP contribution < -0.4 is 0 Å². The van der Waals surface area contributed by atoms with E-state index in [1.807, 2.05) is 0 Å². The van der Waals surface area contributed by atoms with E-state index in [2.05, 4.69) is 426 Å². The molecule has 0 saturated heterocycles. The van der Waals surface area contributed by atoms with Crippen LogP contribution in [0.1, 0.15) is 76.3 Å². The fraction of sp³-hybridized carbons (Fsp3) is 0.106. The van der Waals surface area contributed by atoms with E-state index in [0.717, 1.165) is 32.1 Å². The average molecular weight is 1470 g/mol. The lowest BCUT2D eigenvalue weighted by Gasteiger charge is -2.32. The molecule has 117 heavy (non-hydrogen) atoms. The van der Waals surface area contributed by atoms with Crippen molar-refractivity contribution < 1.29 is 9.53 Å². The topological polar surface area (TPSA) is 26.3 Å². The number of hydrogen-bond acceptors (Lipinski definition) is 2. The third kappa shape index (κ3) is 12.0. The average Bonchev–Trinajstić information content (AvgIpc) is 1.39. The summed E-state index contributed by atoms with van der Waals surface area (Å²) < 4.78 is 5.26. The molecule has 1 fully saturated rings. The molecule has 18 rings (SSSR count). The summed E-state index contributed by atoms with van der Waals surface area (Å²) >= 11 is 0. The van der Waals surface area contributed by atoms with Crippen LogP contribution in [0.4, 0.5) is 0 Å². The third-order valence-corrected chi connectivity index (χ3v) is 21.2. The minimum absolute atomic E-state index is 0.0979. The fourth-order valence-electron chi connectivity index (χ4n) is 18.2. The van der Waals surface area contributed by atoms with E-state index >= 15 is 0 Å². The van der Waals surface area contributed by atoms with Crippen LogP contribution in [0.25, 0.3) is 108 Å². The Bertz CT molecular complexity index is 8630. The zero-order valence-electron chi connectivity index (χ0n) is 61.8. The molecule has 0 amide bonds. The Balaban J connectivity index is 0.000000169. The Hall–Kier alpha value is -18.3. The van der Waals surface area contributed by atoms with Crippen LogP contribution in [-0.4, -0.2) is 20.9 Å².